The molecule has 21 heavy (non-hydrogen) atoms. The number of hydrogen-bond acceptors (Lipinski definition) is 6. The molecule has 0 spiro atoms. The van der Waals surface area contributed by atoms with Gasteiger partial charge in [0.15, 0.2) is 0 Å². The first kappa shape index (κ1) is 13.1. The maximum Gasteiger partial charge on any atom is 0.313 e. The summed E-state index contributed by atoms with van der Waals surface area (Å²) in [7, 11) is 0. The molecule has 6 nitrogen and oxygen atoms in total. The second-order valence-electron chi connectivity index (χ2n) is 4.81. The Bertz CT molecular complexity index is 781. The molecule has 0 fully saturated rings. The summed E-state index contributed by atoms with van der Waals surface area (Å²) >= 11 is 0. The van der Waals surface area contributed by atoms with Gasteiger partial charge >= 0.3 is 6.01 Å². The predicted molar refractivity (Wildman–Crippen MR) is 81.1 cm³/mol. The summed E-state index contributed by atoms with van der Waals surface area (Å²) in [6.07, 6.45) is 3.39. The number of nitrogens with two attached hydrogens (primary N) is 1. The van der Waals surface area contributed by atoms with Crippen LogP contribution in [0.1, 0.15) is 11.1 Å². The Kier molecular flexibility index (Phi) is 3.27. The molecule has 0 unspecified atom stereocenters. The van der Waals surface area contributed by atoms with E-state index < -0.39 is 0 Å². The molecule has 0 radical (unpaired) electrons. The van der Waals surface area contributed by atoms with Gasteiger partial charge in [-0.3, -0.25) is 4.98 Å². The highest BCUT2D eigenvalue weighted by atomic mass is 16.4. The van der Waals surface area contributed by atoms with Crippen LogP contribution in [0.4, 0.5) is 17.4 Å². The maximum absolute atomic E-state index is 5.48. The molecule has 3 N–H and O–H groups in total. The number of aryl methyl sites for hydroxylation is 2. The third-order valence-electron chi connectivity index (χ3n) is 3.14. The molecule has 0 aliphatic heterocycles. The van der Waals surface area contributed by atoms with E-state index in [0.29, 0.717) is 5.89 Å². The fourth-order valence-electron chi connectivity index (χ4n) is 2.12. The van der Waals surface area contributed by atoms with Crippen LogP contribution in [0.3, 0.4) is 0 Å². The lowest BCUT2D eigenvalue weighted by molar-refractivity contribution is 0.590. The smallest absolute Gasteiger partial charge is 0.313 e. The van der Waals surface area contributed by atoms with Crippen molar-refractivity contribution in [2.45, 2.75) is 13.8 Å². The van der Waals surface area contributed by atoms with Crippen LogP contribution in [-0.2, 0) is 0 Å². The zero-order valence-corrected chi connectivity index (χ0v) is 11.8. The minimum absolute atomic E-state index is 0.0410. The molecular weight excluding hydrogens is 266 g/mol. The summed E-state index contributed by atoms with van der Waals surface area (Å²) in [4.78, 5) is 4.14. The molecule has 1 aromatic carbocycles. The van der Waals surface area contributed by atoms with Gasteiger partial charge in [-0.1, -0.05) is 22.8 Å². The highest BCUT2D eigenvalue weighted by Gasteiger charge is 2.12. The van der Waals surface area contributed by atoms with Gasteiger partial charge in [0.05, 0.1) is 17.4 Å². The van der Waals surface area contributed by atoms with E-state index in [4.69, 9.17) is 10.2 Å². The van der Waals surface area contributed by atoms with E-state index in [1.807, 2.05) is 6.07 Å². The zero-order chi connectivity index (χ0) is 14.8. The molecular formula is C15H15N5O. The largest absolute Gasteiger partial charge is 0.403 e. The number of aromatic nitrogens is 3. The van der Waals surface area contributed by atoms with Crippen molar-refractivity contribution in [1.82, 2.24) is 15.2 Å². The molecule has 3 aromatic rings. The molecule has 0 aliphatic carbocycles. The normalized spacial score (nSPS) is 10.6. The molecule has 0 saturated carbocycles. The minimum Gasteiger partial charge on any atom is -0.403 e. The van der Waals surface area contributed by atoms with Crippen molar-refractivity contribution in [1.29, 1.82) is 0 Å². The number of nitrogens with zero attached hydrogens (tertiary/aromatic N) is 3. The van der Waals surface area contributed by atoms with Gasteiger partial charge in [-0.05, 0) is 31.5 Å². The van der Waals surface area contributed by atoms with Crippen molar-refractivity contribution in [3.8, 4) is 11.5 Å². The van der Waals surface area contributed by atoms with Gasteiger partial charge in [-0.25, -0.2) is 0 Å². The number of hydrogen-bond donors (Lipinski definition) is 2. The number of pyridine rings is 1. The second kappa shape index (κ2) is 5.24. The highest BCUT2D eigenvalue weighted by Crippen LogP contribution is 2.30. The Labute approximate surface area is 122 Å². The molecule has 0 bridgehead atoms. The van der Waals surface area contributed by atoms with Crippen LogP contribution in [-0.4, -0.2) is 15.2 Å². The van der Waals surface area contributed by atoms with E-state index in [1.54, 1.807) is 18.5 Å². The van der Waals surface area contributed by atoms with E-state index in [0.717, 1.165) is 22.5 Å². The van der Waals surface area contributed by atoms with Crippen LogP contribution in [0.25, 0.3) is 11.5 Å². The number of nitrogen functional groups attached to an aromatic ring is 1. The van der Waals surface area contributed by atoms with Gasteiger partial charge in [0.2, 0.25) is 0 Å². The topological polar surface area (TPSA) is 89.9 Å². The molecule has 106 valence electrons. The van der Waals surface area contributed by atoms with Crippen molar-refractivity contribution in [2.24, 2.45) is 0 Å². The van der Waals surface area contributed by atoms with Crippen LogP contribution in [0.5, 0.6) is 0 Å². The number of rotatable bonds is 3. The fraction of sp³-hybridized carbons (Fsp3) is 0.133. The van der Waals surface area contributed by atoms with E-state index in [1.165, 1.54) is 5.56 Å². The maximum atomic E-state index is 5.48. The Morgan fingerprint density at radius 3 is 2.67 bits per heavy atom. The van der Waals surface area contributed by atoms with Crippen LogP contribution in [0, 0.1) is 13.8 Å². The number of benzene rings is 1. The molecule has 0 saturated heterocycles. The van der Waals surface area contributed by atoms with E-state index in [9.17, 15) is 0 Å². The lowest BCUT2D eigenvalue weighted by Crippen LogP contribution is -1.97. The Morgan fingerprint density at radius 1 is 1.10 bits per heavy atom. The Hall–Kier alpha value is -2.89. The summed E-state index contributed by atoms with van der Waals surface area (Å²) in [6.45, 7) is 4.11. The Balaban J connectivity index is 1.99. The summed E-state index contributed by atoms with van der Waals surface area (Å²) < 4.78 is 5.29. The summed E-state index contributed by atoms with van der Waals surface area (Å²) in [5.41, 5.74) is 10.4. The Morgan fingerprint density at radius 2 is 1.95 bits per heavy atom. The first-order chi connectivity index (χ1) is 10.1. The van der Waals surface area contributed by atoms with E-state index in [-0.39, 0.29) is 6.01 Å². The minimum atomic E-state index is 0.0410. The highest BCUT2D eigenvalue weighted by molar-refractivity contribution is 5.77. The summed E-state index contributed by atoms with van der Waals surface area (Å²) in [5, 5.41) is 10.9. The standard InChI is InChI=1S/C15H15N5O/c1-9-3-4-12(10(2)7-9)18-13-8-17-6-5-11(13)14-19-20-15(16)21-14/h3-8,18H,1-2H3,(H2,16,20). The molecule has 0 amide bonds. The zero-order valence-electron chi connectivity index (χ0n) is 11.8. The summed E-state index contributed by atoms with van der Waals surface area (Å²) in [5.74, 6) is 0.363. The van der Waals surface area contributed by atoms with E-state index >= 15 is 0 Å². The molecule has 2 heterocycles. The summed E-state index contributed by atoms with van der Waals surface area (Å²) in [6, 6.07) is 8.04. The van der Waals surface area contributed by atoms with Gasteiger partial charge in [-0.2, -0.15) is 0 Å². The van der Waals surface area contributed by atoms with E-state index in [2.05, 4.69) is 46.5 Å². The fourth-order valence-corrected chi connectivity index (χ4v) is 2.12. The molecule has 0 aliphatic rings. The monoisotopic (exact) mass is 281 g/mol. The van der Waals surface area contributed by atoms with Gasteiger partial charge in [0.1, 0.15) is 0 Å². The van der Waals surface area contributed by atoms with Crippen molar-refractivity contribution < 1.29 is 4.42 Å². The molecule has 6 heteroatoms. The van der Waals surface area contributed by atoms with Crippen molar-refractivity contribution in [3.05, 3.63) is 47.8 Å². The number of anilines is 3. The van der Waals surface area contributed by atoms with Crippen molar-refractivity contribution in [2.75, 3.05) is 11.1 Å². The van der Waals surface area contributed by atoms with Gasteiger partial charge < -0.3 is 15.5 Å². The average Bonchev–Trinajstić information content (AvgIpc) is 2.89. The first-order valence-electron chi connectivity index (χ1n) is 6.51. The van der Waals surface area contributed by atoms with Crippen LogP contribution >= 0.6 is 0 Å². The van der Waals surface area contributed by atoms with Crippen molar-refractivity contribution >= 4 is 17.4 Å². The molecule has 3 rings (SSSR count). The third kappa shape index (κ3) is 2.69. The van der Waals surface area contributed by atoms with Crippen molar-refractivity contribution in [3.63, 3.8) is 0 Å². The SMILES string of the molecule is Cc1ccc(Nc2cnccc2-c2nnc(N)o2)c(C)c1. The second-order valence-corrected chi connectivity index (χ2v) is 4.81. The number of nitrogens with one attached hydrogen (secondary N) is 1. The van der Waals surface area contributed by atoms with Crippen LogP contribution in [0.15, 0.2) is 41.1 Å². The molecule has 2 aromatic heterocycles. The lowest BCUT2D eigenvalue weighted by atomic mass is 10.1. The van der Waals surface area contributed by atoms with Crippen LogP contribution < -0.4 is 11.1 Å². The first-order valence-corrected chi connectivity index (χ1v) is 6.51. The van der Waals surface area contributed by atoms with Gasteiger partial charge in [0, 0.05) is 11.9 Å². The van der Waals surface area contributed by atoms with Crippen LogP contribution in [0.2, 0.25) is 0 Å². The average molecular weight is 281 g/mol. The van der Waals surface area contributed by atoms with Gasteiger partial charge in [-0.15, -0.1) is 5.10 Å². The predicted octanol–water partition coefficient (Wildman–Crippen LogP) is 3.07. The quantitative estimate of drug-likeness (QED) is 0.766. The lowest BCUT2D eigenvalue weighted by Gasteiger charge is -2.12. The van der Waals surface area contributed by atoms with Gasteiger partial charge in [0.25, 0.3) is 5.89 Å². The molecule has 0 atom stereocenters. The third-order valence-corrected chi connectivity index (χ3v) is 3.14.